The van der Waals surface area contributed by atoms with Crippen LogP contribution in [0.5, 0.6) is 0 Å². The summed E-state index contributed by atoms with van der Waals surface area (Å²) in [4.78, 5) is 0. The number of aryl methyl sites for hydroxylation is 3. The van der Waals surface area contributed by atoms with Gasteiger partial charge in [0.25, 0.3) is 0 Å². The van der Waals surface area contributed by atoms with Gasteiger partial charge in [-0.05, 0) is 175 Å². The first-order valence-electron chi connectivity index (χ1n) is 22.7. The molecule has 0 aromatic heterocycles. The minimum Gasteiger partial charge on any atom is -0.0988 e. The number of hydrogen-bond donors (Lipinski definition) is 0. The van der Waals surface area contributed by atoms with Gasteiger partial charge < -0.3 is 0 Å². The predicted octanol–water partition coefficient (Wildman–Crippen LogP) is 18.4. The number of benzene rings is 4. The van der Waals surface area contributed by atoms with E-state index in [1.165, 1.54) is 96.3 Å². The van der Waals surface area contributed by atoms with Crippen molar-refractivity contribution >= 4 is 17.7 Å². The molecule has 62 heavy (non-hydrogen) atoms. The third-order valence-corrected chi connectivity index (χ3v) is 12.2. The first kappa shape index (κ1) is 50.6. The van der Waals surface area contributed by atoms with Crippen molar-refractivity contribution in [3.8, 4) is 11.1 Å². The van der Waals surface area contributed by atoms with Gasteiger partial charge in [-0.2, -0.15) is 0 Å². The lowest BCUT2D eigenvalue weighted by atomic mass is 9.80. The van der Waals surface area contributed by atoms with E-state index in [0.29, 0.717) is 5.92 Å². The summed E-state index contributed by atoms with van der Waals surface area (Å²) in [5.74, 6) is 0.662. The van der Waals surface area contributed by atoms with E-state index in [1.807, 2.05) is 74.6 Å². The van der Waals surface area contributed by atoms with Gasteiger partial charge >= 0.3 is 0 Å². The molecule has 0 aliphatic heterocycles. The molecular formula is C62H76. The number of allylic oxidation sites excluding steroid dienone is 13. The Morgan fingerprint density at radius 3 is 1.81 bits per heavy atom. The Bertz CT molecular complexity index is 2380. The number of hydrogen-bond acceptors (Lipinski definition) is 0. The van der Waals surface area contributed by atoms with Crippen molar-refractivity contribution in [2.45, 2.75) is 114 Å². The summed E-state index contributed by atoms with van der Waals surface area (Å²) in [5, 5.41) is 0. The summed E-state index contributed by atoms with van der Waals surface area (Å²) in [6.07, 6.45) is 21.1. The quantitative estimate of drug-likeness (QED) is 0.118. The zero-order valence-corrected chi connectivity index (χ0v) is 40.6. The molecule has 1 saturated carbocycles. The highest BCUT2D eigenvalue weighted by molar-refractivity contribution is 5.91. The van der Waals surface area contributed by atoms with Crippen LogP contribution in [0.2, 0.25) is 0 Å². The lowest BCUT2D eigenvalue weighted by molar-refractivity contribution is 0.658. The van der Waals surface area contributed by atoms with Gasteiger partial charge in [0.05, 0.1) is 0 Å². The van der Waals surface area contributed by atoms with Gasteiger partial charge in [-0.3, -0.25) is 0 Å². The first-order chi connectivity index (χ1) is 29.8. The Labute approximate surface area is 379 Å². The zero-order valence-electron chi connectivity index (χ0n) is 40.6. The maximum atomic E-state index is 4.18. The van der Waals surface area contributed by atoms with Crippen LogP contribution < -0.4 is 0 Å². The standard InChI is InChI=1S/C39H46.C14H16.C7H8.C2H6/c1-11-17-33(25(7)12-2)32(16-6)37(29-19-20-29)28(13-3)23-27-18-21-34-35(24-27)39(9,10)36-22-26(8)30(14-4)31(15-5)38(34)36;1-5-11(3)13(6-2)14-10-8-7-9-12(14)4;1-7-5-3-2-4-6-7;1-2/h11-15,17-18,21-22,24,29H,2,4-5,16,19-20,23H2,1,3,6-10H3;5-10H,1-2H2,3-4H3;2-6H,1H3;1-2H3/b17-11-,28-13-,33-25+,37-32-;13-11+;;. The van der Waals surface area contributed by atoms with Crippen LogP contribution in [0, 0.1) is 26.7 Å². The molecule has 2 aliphatic carbocycles. The van der Waals surface area contributed by atoms with Gasteiger partial charge in [0.2, 0.25) is 0 Å². The molecule has 0 bridgehead atoms. The fourth-order valence-corrected chi connectivity index (χ4v) is 8.63. The van der Waals surface area contributed by atoms with Crippen LogP contribution in [-0.4, -0.2) is 0 Å². The largest absolute Gasteiger partial charge is 0.0988 e. The minimum absolute atomic E-state index is 0.0639. The smallest absolute Gasteiger partial charge is 0.0159 e. The fourth-order valence-electron chi connectivity index (χ4n) is 8.63. The molecule has 2 aliphatic rings. The highest BCUT2D eigenvalue weighted by Crippen LogP contribution is 2.52. The average Bonchev–Trinajstić information content (AvgIpc) is 4.11. The summed E-state index contributed by atoms with van der Waals surface area (Å²) < 4.78 is 0. The minimum atomic E-state index is -0.0639. The van der Waals surface area contributed by atoms with Crippen LogP contribution in [0.4, 0.5) is 0 Å². The van der Waals surface area contributed by atoms with E-state index in [1.54, 1.807) is 5.57 Å². The number of fused-ring (bicyclic) bond motifs is 3. The molecule has 0 heterocycles. The molecule has 4 aromatic carbocycles. The van der Waals surface area contributed by atoms with Crippen molar-refractivity contribution in [2.75, 3.05) is 0 Å². The second-order valence-corrected chi connectivity index (χ2v) is 16.6. The molecule has 0 radical (unpaired) electrons. The Morgan fingerprint density at radius 1 is 0.710 bits per heavy atom. The molecule has 0 unspecified atom stereocenters. The first-order valence-corrected chi connectivity index (χ1v) is 22.7. The Morgan fingerprint density at radius 2 is 1.32 bits per heavy atom. The van der Waals surface area contributed by atoms with Gasteiger partial charge in [0, 0.05) is 5.41 Å². The second-order valence-electron chi connectivity index (χ2n) is 16.6. The van der Waals surface area contributed by atoms with Crippen LogP contribution in [0.1, 0.15) is 132 Å². The monoisotopic (exact) mass is 821 g/mol. The maximum Gasteiger partial charge on any atom is 0.0159 e. The van der Waals surface area contributed by atoms with Gasteiger partial charge in [0.1, 0.15) is 0 Å². The molecule has 0 N–H and O–H groups in total. The number of rotatable bonds is 13. The predicted molar refractivity (Wildman–Crippen MR) is 281 cm³/mol. The van der Waals surface area contributed by atoms with Crippen molar-refractivity contribution in [3.05, 3.63) is 232 Å². The van der Waals surface area contributed by atoms with Crippen LogP contribution in [0.25, 0.3) is 28.9 Å². The molecule has 324 valence electrons. The van der Waals surface area contributed by atoms with Crippen molar-refractivity contribution in [3.63, 3.8) is 0 Å². The van der Waals surface area contributed by atoms with Crippen molar-refractivity contribution in [2.24, 2.45) is 5.92 Å². The molecule has 4 aromatic rings. The third-order valence-electron chi connectivity index (χ3n) is 12.2. The van der Waals surface area contributed by atoms with Gasteiger partial charge in [-0.1, -0.05) is 201 Å². The molecule has 6 rings (SSSR count). The Kier molecular flexibility index (Phi) is 19.6. The summed E-state index contributed by atoms with van der Waals surface area (Å²) in [6.45, 7) is 46.0. The Hall–Kier alpha value is -5.72. The molecule has 0 nitrogen and oxygen atoms in total. The van der Waals surface area contributed by atoms with E-state index < -0.39 is 0 Å². The highest BCUT2D eigenvalue weighted by atomic mass is 14.4. The SMILES string of the molecule is C=C/C(C)=C(\C=C)c1ccccc1C.C=C/C(C)=C(\C=C/C)C(/CC)=C(/C(=C\C)Cc1ccc2c(c1)C(C)(C)c1cc(C)c(C=C)c(C=C)c1-2)C1CC1.CC.Cc1ccccc1. The van der Waals surface area contributed by atoms with Gasteiger partial charge in [0.15, 0.2) is 0 Å². The van der Waals surface area contributed by atoms with Crippen LogP contribution in [0.15, 0.2) is 182 Å². The molecular weight excluding hydrogens is 745 g/mol. The van der Waals surface area contributed by atoms with E-state index in [2.05, 4.69) is 169 Å². The normalized spacial score (nSPS) is 14.7. The summed E-state index contributed by atoms with van der Waals surface area (Å²) in [5.41, 5.74) is 23.7. The average molecular weight is 821 g/mol. The van der Waals surface area contributed by atoms with E-state index in [-0.39, 0.29) is 5.41 Å². The molecule has 0 atom stereocenters. The lowest BCUT2D eigenvalue weighted by Crippen LogP contribution is -2.16. The van der Waals surface area contributed by atoms with Crippen LogP contribution >= 0.6 is 0 Å². The molecule has 0 amide bonds. The summed E-state index contributed by atoms with van der Waals surface area (Å²) >= 11 is 0. The Balaban J connectivity index is 0.000000362. The second kappa shape index (κ2) is 24.1. The van der Waals surface area contributed by atoms with E-state index in [0.717, 1.165) is 24.0 Å². The van der Waals surface area contributed by atoms with Crippen molar-refractivity contribution in [1.82, 2.24) is 0 Å². The maximum absolute atomic E-state index is 4.18. The topological polar surface area (TPSA) is 0 Å². The lowest BCUT2D eigenvalue weighted by Gasteiger charge is -2.24. The van der Waals surface area contributed by atoms with E-state index in [9.17, 15) is 0 Å². The van der Waals surface area contributed by atoms with Gasteiger partial charge in [-0.25, -0.2) is 0 Å². The fraction of sp³-hybridized carbons (Fsp3) is 0.290. The zero-order chi connectivity index (χ0) is 46.1. The van der Waals surface area contributed by atoms with E-state index in [4.69, 9.17) is 0 Å². The summed E-state index contributed by atoms with van der Waals surface area (Å²) in [6, 6.07) is 28.1. The van der Waals surface area contributed by atoms with E-state index >= 15 is 0 Å². The van der Waals surface area contributed by atoms with Crippen LogP contribution in [0.3, 0.4) is 0 Å². The summed E-state index contributed by atoms with van der Waals surface area (Å²) in [7, 11) is 0. The highest BCUT2D eigenvalue weighted by Gasteiger charge is 2.38. The molecule has 1 fully saturated rings. The third kappa shape index (κ3) is 11.8. The molecule has 0 heteroatoms. The molecule has 0 saturated heterocycles. The van der Waals surface area contributed by atoms with Crippen LogP contribution in [-0.2, 0) is 11.8 Å². The molecule has 0 spiro atoms. The van der Waals surface area contributed by atoms with Crippen molar-refractivity contribution < 1.29 is 0 Å². The van der Waals surface area contributed by atoms with Crippen molar-refractivity contribution in [1.29, 1.82) is 0 Å². The van der Waals surface area contributed by atoms with Gasteiger partial charge in [-0.15, -0.1) is 0 Å².